The Morgan fingerprint density at radius 2 is 1.64 bits per heavy atom. The Hall–Kier alpha value is -2.59. The number of benzene rings is 2. The van der Waals surface area contributed by atoms with Gasteiger partial charge in [-0.05, 0) is 53.8 Å². The van der Waals surface area contributed by atoms with Crippen LogP contribution in [0.25, 0.3) is 11.1 Å². The molecule has 0 saturated carbocycles. The zero-order chi connectivity index (χ0) is 20.8. The van der Waals surface area contributed by atoms with Crippen LogP contribution in [0.3, 0.4) is 0 Å². The van der Waals surface area contributed by atoms with Gasteiger partial charge in [-0.2, -0.15) is 0 Å². The van der Waals surface area contributed by atoms with Crippen molar-refractivity contribution >= 4 is 11.6 Å². The average Bonchev–Trinajstić information content (AvgIpc) is 3.14. The smallest absolute Gasteiger partial charge is 0.253 e. The quantitative estimate of drug-likeness (QED) is 0.769. The molecule has 1 aliphatic rings. The molecule has 150 valence electrons. The van der Waals surface area contributed by atoms with E-state index in [-0.39, 0.29) is 5.91 Å². The van der Waals surface area contributed by atoms with Crippen LogP contribution in [0.5, 0.6) is 0 Å². The number of nitrogens with one attached hydrogen (secondary N) is 1. The van der Waals surface area contributed by atoms with E-state index >= 15 is 0 Å². The zero-order valence-electron chi connectivity index (χ0n) is 18.2. The molecule has 1 atom stereocenters. The van der Waals surface area contributed by atoms with E-state index in [1.54, 1.807) is 19.0 Å². The first-order valence-electron chi connectivity index (χ1n) is 10.1. The van der Waals surface area contributed by atoms with Crippen molar-refractivity contribution in [1.82, 2.24) is 10.3 Å². The molecule has 0 radical (unpaired) electrons. The number of amides is 1. The van der Waals surface area contributed by atoms with Gasteiger partial charge in [-0.1, -0.05) is 52.0 Å². The fraction of sp³-hybridized carbons (Fsp3) is 0.375. The second-order valence-corrected chi connectivity index (χ2v) is 7.33. The number of anilines is 1. The predicted molar refractivity (Wildman–Crippen MR) is 120 cm³/mol. The van der Waals surface area contributed by atoms with Crippen LogP contribution in [0.1, 0.15) is 56.5 Å². The van der Waals surface area contributed by atoms with Crippen LogP contribution in [-0.2, 0) is 0 Å². The van der Waals surface area contributed by atoms with Crippen molar-refractivity contribution in [2.45, 2.75) is 46.6 Å². The maximum absolute atomic E-state index is 12.1. The molecule has 1 amide bonds. The van der Waals surface area contributed by atoms with E-state index < -0.39 is 0 Å². The largest absolute Gasteiger partial charge is 0.345 e. The van der Waals surface area contributed by atoms with E-state index in [0.29, 0.717) is 17.5 Å². The molecule has 0 fully saturated rings. The molecule has 2 aromatic rings. The zero-order valence-corrected chi connectivity index (χ0v) is 18.2. The van der Waals surface area contributed by atoms with Gasteiger partial charge >= 0.3 is 0 Å². The van der Waals surface area contributed by atoms with Gasteiger partial charge in [-0.15, -0.1) is 0 Å². The number of hydrazine groups is 1. The molecule has 0 saturated heterocycles. The van der Waals surface area contributed by atoms with E-state index in [2.05, 4.69) is 61.7 Å². The Morgan fingerprint density at radius 3 is 2.14 bits per heavy atom. The molecular formula is C24H33N3O. The molecule has 28 heavy (non-hydrogen) atoms. The standard InChI is InChI=1S/C22H27N3O.C2H6/c1-15(2)20-11-10-19(14-21(20)25-13-12-16(3)23-25)17-6-8-18(9-7-17)22(26)24(4)5;1-2/h6-16,23H,1-5H3;1-2H3. The fourth-order valence-corrected chi connectivity index (χ4v) is 3.15. The van der Waals surface area contributed by atoms with Gasteiger partial charge in [0, 0.05) is 31.9 Å². The highest BCUT2D eigenvalue weighted by Crippen LogP contribution is 2.33. The lowest BCUT2D eigenvalue weighted by Crippen LogP contribution is -2.34. The topological polar surface area (TPSA) is 35.6 Å². The minimum Gasteiger partial charge on any atom is -0.345 e. The highest BCUT2D eigenvalue weighted by Gasteiger charge is 2.18. The van der Waals surface area contributed by atoms with Crippen molar-refractivity contribution in [3.63, 3.8) is 0 Å². The molecule has 4 heteroatoms. The van der Waals surface area contributed by atoms with Gasteiger partial charge in [0.05, 0.1) is 5.69 Å². The summed E-state index contributed by atoms with van der Waals surface area (Å²) in [7, 11) is 3.54. The third kappa shape index (κ3) is 4.82. The van der Waals surface area contributed by atoms with Crippen LogP contribution in [0.4, 0.5) is 5.69 Å². The Morgan fingerprint density at radius 1 is 1.04 bits per heavy atom. The van der Waals surface area contributed by atoms with Crippen molar-refractivity contribution in [1.29, 1.82) is 0 Å². The normalized spacial score (nSPS) is 15.4. The summed E-state index contributed by atoms with van der Waals surface area (Å²) >= 11 is 0. The van der Waals surface area contributed by atoms with E-state index in [4.69, 9.17) is 0 Å². The van der Waals surface area contributed by atoms with Crippen molar-refractivity contribution in [2.75, 3.05) is 19.1 Å². The Bertz CT molecular complexity index is 822. The minimum atomic E-state index is 0.0211. The first-order valence-corrected chi connectivity index (χ1v) is 10.1. The van der Waals surface area contributed by atoms with Gasteiger partial charge in [0.1, 0.15) is 0 Å². The molecule has 0 aliphatic carbocycles. The first-order chi connectivity index (χ1) is 13.4. The number of nitrogens with zero attached hydrogens (tertiary/aromatic N) is 2. The summed E-state index contributed by atoms with van der Waals surface area (Å²) in [5.74, 6) is 0.457. The molecule has 3 rings (SSSR count). The molecule has 2 aromatic carbocycles. The van der Waals surface area contributed by atoms with E-state index in [9.17, 15) is 4.79 Å². The molecule has 0 spiro atoms. The summed E-state index contributed by atoms with van der Waals surface area (Å²) in [4.78, 5) is 13.7. The van der Waals surface area contributed by atoms with Gasteiger partial charge in [-0.3, -0.25) is 9.80 Å². The maximum Gasteiger partial charge on any atom is 0.253 e. The van der Waals surface area contributed by atoms with Gasteiger partial charge in [0.15, 0.2) is 0 Å². The monoisotopic (exact) mass is 379 g/mol. The van der Waals surface area contributed by atoms with Crippen molar-refractivity contribution in [2.24, 2.45) is 0 Å². The molecule has 0 bridgehead atoms. The van der Waals surface area contributed by atoms with Crippen molar-refractivity contribution in [3.05, 3.63) is 65.9 Å². The maximum atomic E-state index is 12.1. The molecule has 4 nitrogen and oxygen atoms in total. The summed E-state index contributed by atoms with van der Waals surface area (Å²) < 4.78 is 0. The van der Waals surface area contributed by atoms with E-state index in [1.165, 1.54) is 11.3 Å². The number of rotatable bonds is 4. The van der Waals surface area contributed by atoms with Crippen LogP contribution < -0.4 is 10.4 Å². The van der Waals surface area contributed by atoms with Crippen LogP contribution >= 0.6 is 0 Å². The number of carbonyl (C=O) groups excluding carboxylic acids is 1. The summed E-state index contributed by atoms with van der Waals surface area (Å²) in [5, 5.41) is 2.10. The van der Waals surface area contributed by atoms with Crippen molar-refractivity contribution < 1.29 is 4.79 Å². The average molecular weight is 380 g/mol. The lowest BCUT2D eigenvalue weighted by atomic mass is 9.96. The Kier molecular flexibility index (Phi) is 7.41. The second-order valence-electron chi connectivity index (χ2n) is 7.33. The third-order valence-electron chi connectivity index (χ3n) is 4.65. The Balaban J connectivity index is 0.00000136. The molecule has 1 unspecified atom stereocenters. The van der Waals surface area contributed by atoms with Crippen LogP contribution in [0, 0.1) is 0 Å². The van der Waals surface area contributed by atoms with Gasteiger partial charge in [0.25, 0.3) is 5.91 Å². The van der Waals surface area contributed by atoms with Gasteiger partial charge in [-0.25, -0.2) is 5.43 Å². The van der Waals surface area contributed by atoms with E-state index in [1.807, 2.05) is 38.1 Å². The first kappa shape index (κ1) is 21.7. The molecule has 1 aliphatic heterocycles. The number of hydrogen-bond acceptors (Lipinski definition) is 3. The minimum absolute atomic E-state index is 0.0211. The molecule has 1 N–H and O–H groups in total. The second kappa shape index (κ2) is 9.56. The van der Waals surface area contributed by atoms with E-state index in [0.717, 1.165) is 11.1 Å². The van der Waals surface area contributed by atoms with Crippen LogP contribution in [-0.4, -0.2) is 30.9 Å². The van der Waals surface area contributed by atoms with Crippen molar-refractivity contribution in [3.8, 4) is 11.1 Å². The summed E-state index contributed by atoms with van der Waals surface area (Å²) in [6.07, 6.45) is 4.24. The van der Waals surface area contributed by atoms with Gasteiger partial charge in [0.2, 0.25) is 0 Å². The van der Waals surface area contributed by atoms with Crippen LogP contribution in [0.15, 0.2) is 54.7 Å². The van der Waals surface area contributed by atoms with Crippen LogP contribution in [0.2, 0.25) is 0 Å². The highest BCUT2D eigenvalue weighted by molar-refractivity contribution is 5.94. The highest BCUT2D eigenvalue weighted by atomic mass is 16.2. The fourth-order valence-electron chi connectivity index (χ4n) is 3.15. The lowest BCUT2D eigenvalue weighted by molar-refractivity contribution is 0.0827. The summed E-state index contributed by atoms with van der Waals surface area (Å²) in [6.45, 7) is 10.6. The summed E-state index contributed by atoms with van der Waals surface area (Å²) in [5.41, 5.74) is 8.88. The SMILES string of the molecule is CC.CC1C=CN(c2cc(-c3ccc(C(=O)N(C)C)cc3)ccc2C(C)C)N1. The number of hydrogen-bond donors (Lipinski definition) is 1. The molecular weight excluding hydrogens is 346 g/mol. The summed E-state index contributed by atoms with van der Waals surface area (Å²) in [6, 6.07) is 14.7. The Labute approximate surface area is 169 Å². The number of carbonyl (C=O) groups is 1. The molecule has 0 aromatic heterocycles. The molecule has 1 heterocycles. The third-order valence-corrected chi connectivity index (χ3v) is 4.65. The lowest BCUT2D eigenvalue weighted by Gasteiger charge is -2.24. The predicted octanol–water partition coefficient (Wildman–Crippen LogP) is 5.43. The van der Waals surface area contributed by atoms with Gasteiger partial charge < -0.3 is 4.90 Å².